The molecule has 0 aliphatic carbocycles. The highest BCUT2D eigenvalue weighted by atomic mass is 35.5. The van der Waals surface area contributed by atoms with Gasteiger partial charge in [0.05, 0.1) is 25.9 Å². The van der Waals surface area contributed by atoms with Crippen LogP contribution in [-0.2, 0) is 35.5 Å². The van der Waals surface area contributed by atoms with Gasteiger partial charge in [0.25, 0.3) is 0 Å². The molecule has 2 saturated heterocycles. The van der Waals surface area contributed by atoms with Gasteiger partial charge in [-0.15, -0.1) is 0 Å². The quantitative estimate of drug-likeness (QED) is 0.115. The lowest BCUT2D eigenvalue weighted by Crippen LogP contribution is -3.13. The van der Waals surface area contributed by atoms with Crippen molar-refractivity contribution in [3.05, 3.63) is 179 Å². The van der Waals surface area contributed by atoms with Crippen molar-refractivity contribution in [3.8, 4) is 33.8 Å². The zero-order chi connectivity index (χ0) is 47.5. The van der Waals surface area contributed by atoms with Gasteiger partial charge in [0.1, 0.15) is 54.5 Å². The number of hydrogen-bond acceptors (Lipinski definition) is 5. The summed E-state index contributed by atoms with van der Waals surface area (Å²) >= 11 is 0. The molecule has 14 heteroatoms. The molecule has 0 atom stereocenters. The third-order valence-corrected chi connectivity index (χ3v) is 12.3. The number of nitrogens with zero attached hydrogens (tertiary/aromatic N) is 1. The van der Waals surface area contributed by atoms with E-state index in [0.29, 0.717) is 47.0 Å². The Hall–Kier alpha value is -5.92. The monoisotopic (exact) mass is 999 g/mol. The van der Waals surface area contributed by atoms with Crippen LogP contribution in [0.2, 0.25) is 0 Å². The fourth-order valence-electron chi connectivity index (χ4n) is 8.53. The predicted octanol–water partition coefficient (Wildman–Crippen LogP) is 3.30. The average Bonchev–Trinajstić information content (AvgIpc) is 3.34. The smallest absolute Gasteiger partial charge is 0.224 e. The Bertz CT molecular complexity index is 2380. The molecular formula is C56H61Cl2F4N4O4-. The number of likely N-dealkylation sites (tertiary alicyclic amines) is 2. The van der Waals surface area contributed by atoms with Crippen LogP contribution < -0.4 is 49.8 Å². The van der Waals surface area contributed by atoms with E-state index in [2.05, 4.69) is 15.5 Å². The van der Waals surface area contributed by atoms with E-state index >= 15 is 0 Å². The van der Waals surface area contributed by atoms with E-state index in [1.165, 1.54) is 88.0 Å². The van der Waals surface area contributed by atoms with Gasteiger partial charge in [-0.3, -0.25) is 14.5 Å². The number of piperidine rings is 2. The molecule has 6 aromatic carbocycles. The molecule has 0 saturated carbocycles. The van der Waals surface area contributed by atoms with Crippen molar-refractivity contribution in [2.75, 3.05) is 52.5 Å². The van der Waals surface area contributed by atoms with Gasteiger partial charge < -0.3 is 49.8 Å². The van der Waals surface area contributed by atoms with Gasteiger partial charge in [0, 0.05) is 42.9 Å². The number of hydrogen-bond donors (Lipinski definition) is 3. The molecule has 372 valence electrons. The summed E-state index contributed by atoms with van der Waals surface area (Å²) in [5.41, 5.74) is 5.52. The first kappa shape index (κ1) is 55.0. The Morgan fingerprint density at radius 2 is 0.971 bits per heavy atom. The Labute approximate surface area is 421 Å². The maximum Gasteiger partial charge on any atom is 0.224 e. The first-order chi connectivity index (χ1) is 33.1. The van der Waals surface area contributed by atoms with E-state index in [9.17, 15) is 27.2 Å². The fourth-order valence-corrected chi connectivity index (χ4v) is 8.53. The normalized spacial score (nSPS) is 13.7. The van der Waals surface area contributed by atoms with Crippen LogP contribution in [0.1, 0.15) is 60.8 Å². The molecule has 8 nitrogen and oxygen atoms in total. The number of halogens is 6. The summed E-state index contributed by atoms with van der Waals surface area (Å²) in [5, 5.41) is 5.58. The number of carbonyl (C=O) groups excluding carboxylic acids is 2. The Morgan fingerprint density at radius 3 is 1.43 bits per heavy atom. The number of quaternary nitrogens is 1. The number of rotatable bonds is 18. The maximum absolute atomic E-state index is 14.7. The van der Waals surface area contributed by atoms with E-state index < -0.39 is 0 Å². The van der Waals surface area contributed by atoms with Gasteiger partial charge in [-0.1, -0.05) is 79.2 Å². The fraction of sp³-hybridized carbons (Fsp3) is 0.321. The second-order valence-electron chi connectivity index (χ2n) is 17.5. The Morgan fingerprint density at radius 1 is 0.514 bits per heavy atom. The largest absolute Gasteiger partial charge is 1.00 e. The predicted molar refractivity (Wildman–Crippen MR) is 258 cm³/mol. The summed E-state index contributed by atoms with van der Waals surface area (Å²) in [6.45, 7) is 8.10. The van der Waals surface area contributed by atoms with Crippen LogP contribution in [-0.4, -0.2) is 69.2 Å². The minimum Gasteiger partial charge on any atom is -1.00 e. The van der Waals surface area contributed by atoms with Crippen LogP contribution in [0, 0.1) is 23.3 Å². The number of carbonyl (C=O) groups is 2. The maximum atomic E-state index is 14.7. The second-order valence-corrected chi connectivity index (χ2v) is 17.5. The van der Waals surface area contributed by atoms with Crippen LogP contribution in [0.5, 0.6) is 11.5 Å². The Balaban J connectivity index is 0.000000254. The molecule has 2 aliphatic rings. The Kier molecular flexibility index (Phi) is 22.5. The molecule has 0 aromatic heterocycles. The zero-order valence-electron chi connectivity index (χ0n) is 39.3. The van der Waals surface area contributed by atoms with Crippen LogP contribution in [0.4, 0.5) is 17.6 Å². The standard InChI is InChI=1S/2C28H30F2N2O2.2ClH/c2*29-24-6-4-5-22(17-24)20-31-28(33)18-21-7-9-23(10-8-21)26-12-11-25(19-27(26)30)34-16-15-32-13-2-1-3-14-32;;/h2*4-12,17,19H,1-3,13-16,18,20H2,(H,31,33);2*1H/p-1. The lowest BCUT2D eigenvalue weighted by Gasteiger charge is -2.26. The average molecular weight is 1000 g/mol. The van der Waals surface area contributed by atoms with Gasteiger partial charge >= 0.3 is 0 Å². The highest BCUT2D eigenvalue weighted by Gasteiger charge is 2.15. The SMILES string of the molecule is O=C(Cc1ccc(-c2ccc(OCCN3CCCCC3)cc2F)cc1)NCc1cccc(F)c1.O=C(Cc1ccc(-c2ccc(OCC[NH+]3CCCCC3)cc2F)cc1)NCc1cccc(F)c1.[Cl-].[Cl-]. The molecule has 0 unspecified atom stereocenters. The number of nitrogens with one attached hydrogen (secondary N) is 3. The second kappa shape index (κ2) is 28.7. The highest BCUT2D eigenvalue weighted by molar-refractivity contribution is 5.79. The summed E-state index contributed by atoms with van der Waals surface area (Å²) in [6.07, 6.45) is 8.04. The molecule has 2 amide bonds. The van der Waals surface area contributed by atoms with Crippen LogP contribution in [0.15, 0.2) is 133 Å². The van der Waals surface area contributed by atoms with Crippen molar-refractivity contribution in [1.82, 2.24) is 15.5 Å². The summed E-state index contributed by atoms with van der Waals surface area (Å²) in [5.74, 6) is -0.557. The molecule has 2 aliphatic heterocycles. The van der Waals surface area contributed by atoms with Gasteiger partial charge in [-0.25, -0.2) is 17.6 Å². The summed E-state index contributed by atoms with van der Waals surface area (Å²) < 4.78 is 67.5. The molecule has 6 aromatic rings. The van der Waals surface area contributed by atoms with E-state index in [4.69, 9.17) is 9.47 Å². The minimum absolute atomic E-state index is 0. The summed E-state index contributed by atoms with van der Waals surface area (Å²) in [7, 11) is 0. The summed E-state index contributed by atoms with van der Waals surface area (Å²) in [4.78, 5) is 28.4. The number of benzene rings is 6. The van der Waals surface area contributed by atoms with Gasteiger partial charge in [-0.2, -0.15) is 0 Å². The first-order valence-corrected chi connectivity index (χ1v) is 23.7. The van der Waals surface area contributed by atoms with Crippen molar-refractivity contribution < 1.29 is 66.3 Å². The molecule has 8 rings (SSSR count). The van der Waals surface area contributed by atoms with Crippen molar-refractivity contribution >= 4 is 11.8 Å². The van der Waals surface area contributed by atoms with Gasteiger partial charge in [0.2, 0.25) is 11.8 Å². The topological polar surface area (TPSA) is 84.3 Å². The van der Waals surface area contributed by atoms with E-state index in [1.54, 1.807) is 53.4 Å². The molecule has 2 heterocycles. The molecule has 3 N–H and O–H groups in total. The third kappa shape index (κ3) is 17.8. The molecule has 0 spiro atoms. The van der Waals surface area contributed by atoms with Gasteiger partial charge in [-0.05, 0) is 127 Å². The van der Waals surface area contributed by atoms with Gasteiger partial charge in [0.15, 0.2) is 0 Å². The van der Waals surface area contributed by atoms with Crippen molar-refractivity contribution in [2.45, 2.75) is 64.5 Å². The van der Waals surface area contributed by atoms with Crippen molar-refractivity contribution in [3.63, 3.8) is 0 Å². The highest BCUT2D eigenvalue weighted by Crippen LogP contribution is 2.28. The first-order valence-electron chi connectivity index (χ1n) is 23.7. The van der Waals surface area contributed by atoms with E-state index in [-0.39, 0.29) is 85.8 Å². The van der Waals surface area contributed by atoms with Crippen molar-refractivity contribution in [2.24, 2.45) is 0 Å². The number of ether oxygens (including phenoxy) is 2. The van der Waals surface area contributed by atoms with Crippen LogP contribution >= 0.6 is 0 Å². The van der Waals surface area contributed by atoms with Crippen LogP contribution in [0.3, 0.4) is 0 Å². The van der Waals surface area contributed by atoms with E-state index in [1.807, 2.05) is 48.5 Å². The summed E-state index contributed by atoms with van der Waals surface area (Å²) in [6, 6.07) is 36.7. The molecule has 2 fully saturated rings. The molecular weight excluding hydrogens is 940 g/mol. The van der Waals surface area contributed by atoms with Crippen molar-refractivity contribution in [1.29, 1.82) is 0 Å². The van der Waals surface area contributed by atoms with Crippen LogP contribution in [0.25, 0.3) is 22.3 Å². The molecule has 0 bridgehead atoms. The minimum atomic E-state index is -0.337. The molecule has 0 radical (unpaired) electrons. The molecule has 70 heavy (non-hydrogen) atoms. The lowest BCUT2D eigenvalue weighted by molar-refractivity contribution is -0.904. The zero-order valence-corrected chi connectivity index (χ0v) is 40.8. The van der Waals surface area contributed by atoms with E-state index in [0.717, 1.165) is 48.4 Å². The lowest BCUT2D eigenvalue weighted by atomic mass is 10.0. The number of amides is 2. The third-order valence-electron chi connectivity index (χ3n) is 12.3.